The number of carbonyl (C=O) groups excluding carboxylic acids is 1. The SMILES string of the molecule is O=C(NCC12CC3CC(CC(C3)C1)C2)c1cccc2nc(CCCNCCCO)ccc12. The standard InChI is InChI=1S/C27H37N3O2/c31-11-3-10-28-9-2-4-22-7-8-23-24(5-1-6-25(23)30-22)26(32)29-18-27-15-19-12-20(16-27)14-21(13-19)17-27/h1,5-8,19-21,28,31H,2-4,9-18H2,(H,29,32). The van der Waals surface area contributed by atoms with Crippen LogP contribution in [0.3, 0.4) is 0 Å². The number of pyridine rings is 1. The van der Waals surface area contributed by atoms with Gasteiger partial charge in [0.25, 0.3) is 5.91 Å². The molecule has 0 saturated heterocycles. The van der Waals surface area contributed by atoms with E-state index >= 15 is 0 Å². The maximum Gasteiger partial charge on any atom is 0.251 e. The number of aryl methyl sites for hydroxylation is 1. The fraction of sp³-hybridized carbons (Fsp3) is 0.630. The first kappa shape index (κ1) is 21.8. The van der Waals surface area contributed by atoms with E-state index in [4.69, 9.17) is 10.1 Å². The topological polar surface area (TPSA) is 74.2 Å². The minimum atomic E-state index is 0.0500. The molecule has 4 bridgehead atoms. The monoisotopic (exact) mass is 435 g/mol. The smallest absolute Gasteiger partial charge is 0.251 e. The fourth-order valence-electron chi connectivity index (χ4n) is 7.13. The Labute approximate surface area is 191 Å². The molecule has 4 fully saturated rings. The number of benzene rings is 1. The molecule has 4 saturated carbocycles. The Morgan fingerprint density at radius 3 is 2.44 bits per heavy atom. The highest BCUT2D eigenvalue weighted by atomic mass is 16.3. The van der Waals surface area contributed by atoms with Crippen LogP contribution in [0.5, 0.6) is 0 Å². The average molecular weight is 436 g/mol. The quantitative estimate of drug-likeness (QED) is 0.492. The lowest BCUT2D eigenvalue weighted by atomic mass is 9.49. The third-order valence-corrected chi connectivity index (χ3v) is 8.12. The van der Waals surface area contributed by atoms with Crippen LogP contribution < -0.4 is 10.6 Å². The van der Waals surface area contributed by atoms with Gasteiger partial charge >= 0.3 is 0 Å². The summed E-state index contributed by atoms with van der Waals surface area (Å²) in [6.45, 7) is 2.84. The number of hydrogen-bond acceptors (Lipinski definition) is 4. The molecule has 4 aliphatic carbocycles. The fourth-order valence-corrected chi connectivity index (χ4v) is 7.13. The number of aliphatic hydroxyl groups excluding tert-OH is 1. The molecule has 1 aromatic heterocycles. The Balaban J connectivity index is 1.21. The van der Waals surface area contributed by atoms with Gasteiger partial charge in [0.1, 0.15) is 0 Å². The summed E-state index contributed by atoms with van der Waals surface area (Å²) in [6, 6.07) is 10.0. The molecule has 6 rings (SSSR count). The predicted octanol–water partition coefficient (Wildman–Crippen LogP) is 4.09. The molecule has 3 N–H and O–H groups in total. The number of amides is 1. The normalized spacial score (nSPS) is 28.3. The van der Waals surface area contributed by atoms with Crippen molar-refractivity contribution in [3.63, 3.8) is 0 Å². The number of carbonyl (C=O) groups is 1. The van der Waals surface area contributed by atoms with E-state index in [2.05, 4.69) is 22.8 Å². The Bertz CT molecular complexity index is 922. The van der Waals surface area contributed by atoms with Crippen LogP contribution >= 0.6 is 0 Å². The van der Waals surface area contributed by atoms with Crippen molar-refractivity contribution in [2.75, 3.05) is 26.2 Å². The molecule has 4 aliphatic rings. The van der Waals surface area contributed by atoms with Crippen molar-refractivity contribution in [1.82, 2.24) is 15.6 Å². The van der Waals surface area contributed by atoms with E-state index in [9.17, 15) is 4.79 Å². The first-order chi connectivity index (χ1) is 15.6. The molecule has 1 amide bonds. The van der Waals surface area contributed by atoms with Crippen LogP contribution in [-0.2, 0) is 6.42 Å². The Morgan fingerprint density at radius 2 is 1.72 bits per heavy atom. The number of fused-ring (bicyclic) bond motifs is 1. The molecule has 1 heterocycles. The highest BCUT2D eigenvalue weighted by molar-refractivity contribution is 6.06. The predicted molar refractivity (Wildman–Crippen MR) is 128 cm³/mol. The first-order valence-corrected chi connectivity index (χ1v) is 12.6. The zero-order chi connectivity index (χ0) is 22.0. The molecule has 0 aliphatic heterocycles. The number of nitrogens with zero attached hydrogens (tertiary/aromatic N) is 1. The molecule has 5 nitrogen and oxygen atoms in total. The van der Waals surface area contributed by atoms with Crippen LogP contribution in [0.1, 0.15) is 67.4 Å². The van der Waals surface area contributed by atoms with Crippen LogP contribution in [0.2, 0.25) is 0 Å². The van der Waals surface area contributed by atoms with Gasteiger partial charge in [0, 0.05) is 29.8 Å². The van der Waals surface area contributed by atoms with Crippen molar-refractivity contribution >= 4 is 16.8 Å². The van der Waals surface area contributed by atoms with Crippen molar-refractivity contribution < 1.29 is 9.90 Å². The van der Waals surface area contributed by atoms with Gasteiger partial charge in [-0.2, -0.15) is 0 Å². The van der Waals surface area contributed by atoms with E-state index < -0.39 is 0 Å². The van der Waals surface area contributed by atoms with E-state index in [0.29, 0.717) is 5.41 Å². The summed E-state index contributed by atoms with van der Waals surface area (Å²) in [6.07, 6.45) is 11.0. The van der Waals surface area contributed by atoms with Gasteiger partial charge in [-0.1, -0.05) is 12.1 Å². The largest absolute Gasteiger partial charge is 0.396 e. The number of nitrogens with one attached hydrogen (secondary N) is 2. The van der Waals surface area contributed by atoms with Gasteiger partial charge in [0.15, 0.2) is 0 Å². The summed E-state index contributed by atoms with van der Waals surface area (Å²) in [7, 11) is 0. The number of aromatic nitrogens is 1. The van der Waals surface area contributed by atoms with Crippen LogP contribution in [0, 0.1) is 23.2 Å². The van der Waals surface area contributed by atoms with Gasteiger partial charge in [-0.15, -0.1) is 0 Å². The summed E-state index contributed by atoms with van der Waals surface area (Å²) in [5.74, 6) is 2.77. The lowest BCUT2D eigenvalue weighted by Crippen LogP contribution is -2.51. The highest BCUT2D eigenvalue weighted by Gasteiger charge is 2.50. The van der Waals surface area contributed by atoms with E-state index in [1.165, 1.54) is 38.5 Å². The summed E-state index contributed by atoms with van der Waals surface area (Å²) in [5, 5.41) is 16.4. The maximum absolute atomic E-state index is 13.2. The second kappa shape index (κ2) is 9.48. The molecule has 0 spiro atoms. The summed E-state index contributed by atoms with van der Waals surface area (Å²) in [4.78, 5) is 18.0. The van der Waals surface area contributed by atoms with E-state index in [1.807, 2.05) is 18.2 Å². The Morgan fingerprint density at radius 1 is 1.00 bits per heavy atom. The summed E-state index contributed by atoms with van der Waals surface area (Å²) >= 11 is 0. The molecular formula is C27H37N3O2. The van der Waals surface area contributed by atoms with Crippen LogP contribution in [0.15, 0.2) is 30.3 Å². The second-order valence-electron chi connectivity index (χ2n) is 10.7. The van der Waals surface area contributed by atoms with Crippen molar-refractivity contribution in [3.05, 3.63) is 41.6 Å². The minimum Gasteiger partial charge on any atom is -0.396 e. The zero-order valence-corrected chi connectivity index (χ0v) is 19.1. The van der Waals surface area contributed by atoms with Crippen LogP contribution in [0.4, 0.5) is 0 Å². The van der Waals surface area contributed by atoms with Crippen LogP contribution in [0.25, 0.3) is 10.9 Å². The van der Waals surface area contributed by atoms with E-state index in [-0.39, 0.29) is 12.5 Å². The average Bonchev–Trinajstić information content (AvgIpc) is 2.78. The van der Waals surface area contributed by atoms with Gasteiger partial charge in [-0.05, 0) is 112 Å². The number of hydrogen-bond donors (Lipinski definition) is 3. The molecule has 172 valence electrons. The number of aliphatic hydroxyl groups is 1. The van der Waals surface area contributed by atoms with Gasteiger partial charge in [-0.25, -0.2) is 0 Å². The second-order valence-corrected chi connectivity index (χ2v) is 10.7. The van der Waals surface area contributed by atoms with Crippen molar-refractivity contribution in [2.45, 2.75) is 57.8 Å². The molecule has 32 heavy (non-hydrogen) atoms. The van der Waals surface area contributed by atoms with Gasteiger partial charge < -0.3 is 15.7 Å². The third-order valence-electron chi connectivity index (χ3n) is 8.12. The summed E-state index contributed by atoms with van der Waals surface area (Å²) in [5.41, 5.74) is 3.06. The lowest BCUT2D eigenvalue weighted by molar-refractivity contribution is -0.0503. The van der Waals surface area contributed by atoms with Crippen molar-refractivity contribution in [3.8, 4) is 0 Å². The maximum atomic E-state index is 13.2. The molecule has 5 heteroatoms. The molecule has 0 atom stereocenters. The molecule has 1 aromatic carbocycles. The van der Waals surface area contributed by atoms with Crippen molar-refractivity contribution in [1.29, 1.82) is 0 Å². The molecule has 0 unspecified atom stereocenters. The number of rotatable bonds is 10. The summed E-state index contributed by atoms with van der Waals surface area (Å²) < 4.78 is 0. The van der Waals surface area contributed by atoms with Crippen molar-refractivity contribution in [2.24, 2.45) is 23.2 Å². The molecule has 2 aromatic rings. The molecule has 0 radical (unpaired) electrons. The Kier molecular flexibility index (Phi) is 6.47. The van der Waals surface area contributed by atoms with E-state index in [0.717, 1.165) is 78.8 Å². The Hall–Kier alpha value is -1.98. The van der Waals surface area contributed by atoms with E-state index in [1.54, 1.807) is 0 Å². The first-order valence-electron chi connectivity index (χ1n) is 12.6. The third kappa shape index (κ3) is 4.69. The van der Waals surface area contributed by atoms with Gasteiger partial charge in [0.05, 0.1) is 5.52 Å². The highest BCUT2D eigenvalue weighted by Crippen LogP contribution is 2.59. The van der Waals surface area contributed by atoms with Gasteiger partial charge in [-0.3, -0.25) is 9.78 Å². The molecular weight excluding hydrogens is 398 g/mol. The zero-order valence-electron chi connectivity index (χ0n) is 19.1. The minimum absolute atomic E-state index is 0.0500. The van der Waals surface area contributed by atoms with Gasteiger partial charge in [0.2, 0.25) is 0 Å². The van der Waals surface area contributed by atoms with Crippen LogP contribution in [-0.4, -0.2) is 42.2 Å². The lowest BCUT2D eigenvalue weighted by Gasteiger charge is -2.56.